The Morgan fingerprint density at radius 3 is 2.71 bits per heavy atom. The molecule has 0 saturated carbocycles. The van der Waals surface area contributed by atoms with Crippen LogP contribution in [0, 0.1) is 13.8 Å². The van der Waals surface area contributed by atoms with E-state index >= 15 is 0 Å². The maximum Gasteiger partial charge on any atom is 0.244 e. The van der Waals surface area contributed by atoms with Crippen molar-refractivity contribution in [1.29, 1.82) is 0 Å². The van der Waals surface area contributed by atoms with Crippen molar-refractivity contribution >= 4 is 11.7 Å². The monoisotopic (exact) mass is 295 g/mol. The molecule has 1 atom stereocenters. The summed E-state index contributed by atoms with van der Waals surface area (Å²) in [6.45, 7) is 6.26. The Morgan fingerprint density at radius 2 is 2.14 bits per heavy atom. The van der Waals surface area contributed by atoms with Crippen molar-refractivity contribution in [3.63, 3.8) is 0 Å². The summed E-state index contributed by atoms with van der Waals surface area (Å²) in [7, 11) is 0. The van der Waals surface area contributed by atoms with E-state index in [9.17, 15) is 14.7 Å². The molecule has 1 amide bonds. The highest BCUT2D eigenvalue weighted by Gasteiger charge is 2.27. The number of carbonyl (C=O) groups is 2. The number of aromatic nitrogens is 2. The maximum atomic E-state index is 12.4. The van der Waals surface area contributed by atoms with Crippen molar-refractivity contribution in [1.82, 2.24) is 14.7 Å². The van der Waals surface area contributed by atoms with Gasteiger partial charge in [0, 0.05) is 12.2 Å². The zero-order valence-electron chi connectivity index (χ0n) is 12.6. The molecule has 7 nitrogen and oxygen atoms in total. The van der Waals surface area contributed by atoms with E-state index < -0.39 is 0 Å². The minimum absolute atomic E-state index is 0.0525. The van der Waals surface area contributed by atoms with Gasteiger partial charge in [0.1, 0.15) is 6.54 Å². The predicted octanol–water partition coefficient (Wildman–Crippen LogP) is -0.0778. The first-order chi connectivity index (χ1) is 9.95. The Morgan fingerprint density at radius 1 is 1.43 bits per heavy atom. The zero-order chi connectivity index (χ0) is 15.6. The van der Waals surface area contributed by atoms with Crippen LogP contribution in [0.5, 0.6) is 0 Å². The molecule has 1 N–H and O–H groups in total. The van der Waals surface area contributed by atoms with Crippen LogP contribution >= 0.6 is 0 Å². The van der Waals surface area contributed by atoms with Gasteiger partial charge in [0.25, 0.3) is 0 Å². The topological polar surface area (TPSA) is 84.7 Å². The molecule has 1 aliphatic heterocycles. The van der Waals surface area contributed by atoms with Gasteiger partial charge in [-0.2, -0.15) is 5.10 Å². The zero-order valence-corrected chi connectivity index (χ0v) is 12.6. The molecule has 0 bridgehead atoms. The van der Waals surface area contributed by atoms with Crippen molar-refractivity contribution in [3.05, 3.63) is 17.0 Å². The van der Waals surface area contributed by atoms with Crippen LogP contribution in [0.4, 0.5) is 0 Å². The van der Waals surface area contributed by atoms with E-state index in [2.05, 4.69) is 5.10 Å². The van der Waals surface area contributed by atoms with Crippen LogP contribution in [-0.4, -0.2) is 63.9 Å². The van der Waals surface area contributed by atoms with Crippen molar-refractivity contribution in [2.75, 3.05) is 26.4 Å². The number of ketones is 1. The minimum atomic E-state index is -0.310. The average molecular weight is 295 g/mol. The molecule has 1 aromatic rings. The summed E-state index contributed by atoms with van der Waals surface area (Å²) in [4.78, 5) is 25.6. The molecule has 0 aliphatic carbocycles. The van der Waals surface area contributed by atoms with E-state index in [0.29, 0.717) is 36.7 Å². The van der Waals surface area contributed by atoms with E-state index in [1.165, 1.54) is 6.92 Å². The Labute approximate surface area is 123 Å². The minimum Gasteiger partial charge on any atom is -0.394 e. The SMILES string of the molecule is CC(=O)c1c(C)nn(CC(=O)N2CCOC[C@@H]2CO)c1C. The third-order valence-electron chi connectivity index (χ3n) is 3.78. The molecule has 0 aromatic carbocycles. The van der Waals surface area contributed by atoms with E-state index in [1.54, 1.807) is 23.4 Å². The van der Waals surface area contributed by atoms with E-state index in [4.69, 9.17) is 4.74 Å². The first kappa shape index (κ1) is 15.7. The lowest BCUT2D eigenvalue weighted by Gasteiger charge is -2.34. The molecular weight excluding hydrogens is 274 g/mol. The van der Waals surface area contributed by atoms with Gasteiger partial charge in [-0.3, -0.25) is 14.3 Å². The van der Waals surface area contributed by atoms with Crippen molar-refractivity contribution in [3.8, 4) is 0 Å². The summed E-state index contributed by atoms with van der Waals surface area (Å²) in [6, 6.07) is -0.310. The van der Waals surface area contributed by atoms with Gasteiger partial charge in [-0.15, -0.1) is 0 Å². The molecule has 1 aromatic heterocycles. The summed E-state index contributed by atoms with van der Waals surface area (Å²) in [6.07, 6.45) is 0. The number of morpholine rings is 1. The highest BCUT2D eigenvalue weighted by Crippen LogP contribution is 2.15. The number of aliphatic hydroxyl groups excluding tert-OH is 1. The van der Waals surface area contributed by atoms with Crippen molar-refractivity contribution in [2.24, 2.45) is 0 Å². The Bertz CT molecular complexity index is 553. The molecule has 0 spiro atoms. The summed E-state index contributed by atoms with van der Waals surface area (Å²) in [5, 5.41) is 13.6. The molecule has 2 heterocycles. The predicted molar refractivity (Wildman–Crippen MR) is 75.1 cm³/mol. The molecule has 21 heavy (non-hydrogen) atoms. The highest BCUT2D eigenvalue weighted by molar-refractivity contribution is 5.96. The van der Waals surface area contributed by atoms with Gasteiger partial charge >= 0.3 is 0 Å². The molecule has 1 saturated heterocycles. The second-order valence-corrected chi connectivity index (χ2v) is 5.26. The van der Waals surface area contributed by atoms with Crippen LogP contribution in [0.25, 0.3) is 0 Å². The molecule has 1 fully saturated rings. The molecule has 116 valence electrons. The molecule has 0 radical (unpaired) electrons. The number of ether oxygens (including phenoxy) is 1. The fourth-order valence-electron chi connectivity index (χ4n) is 2.71. The van der Waals surface area contributed by atoms with Gasteiger partial charge in [-0.05, 0) is 20.8 Å². The van der Waals surface area contributed by atoms with Gasteiger partial charge in [0.2, 0.25) is 5.91 Å². The first-order valence-corrected chi connectivity index (χ1v) is 6.98. The fourth-order valence-corrected chi connectivity index (χ4v) is 2.71. The third-order valence-corrected chi connectivity index (χ3v) is 3.78. The lowest BCUT2D eigenvalue weighted by Crippen LogP contribution is -2.51. The van der Waals surface area contributed by atoms with Crippen LogP contribution in [0.15, 0.2) is 0 Å². The van der Waals surface area contributed by atoms with Crippen LogP contribution in [0.3, 0.4) is 0 Å². The second kappa shape index (κ2) is 6.36. The van der Waals surface area contributed by atoms with Crippen molar-refractivity contribution < 1.29 is 19.4 Å². The Kier molecular flexibility index (Phi) is 4.74. The van der Waals surface area contributed by atoms with E-state index in [0.717, 1.165) is 0 Å². The number of hydrogen-bond donors (Lipinski definition) is 1. The molecule has 2 rings (SSSR count). The van der Waals surface area contributed by atoms with Gasteiger partial charge < -0.3 is 14.7 Å². The smallest absolute Gasteiger partial charge is 0.244 e. The number of rotatable bonds is 4. The fraction of sp³-hybridized carbons (Fsp3) is 0.643. The van der Waals surface area contributed by atoms with E-state index in [-0.39, 0.29) is 30.9 Å². The quantitative estimate of drug-likeness (QED) is 0.786. The third kappa shape index (κ3) is 3.14. The lowest BCUT2D eigenvalue weighted by atomic mass is 10.1. The number of amides is 1. The molecular formula is C14H21N3O4. The van der Waals surface area contributed by atoms with Gasteiger partial charge in [-0.25, -0.2) is 0 Å². The summed E-state index contributed by atoms with van der Waals surface area (Å²) in [5.41, 5.74) is 1.90. The van der Waals surface area contributed by atoms with Crippen LogP contribution in [-0.2, 0) is 16.1 Å². The Hall–Kier alpha value is -1.73. The van der Waals surface area contributed by atoms with E-state index in [1.807, 2.05) is 0 Å². The molecule has 1 aliphatic rings. The van der Waals surface area contributed by atoms with Crippen LogP contribution in [0.1, 0.15) is 28.7 Å². The first-order valence-electron chi connectivity index (χ1n) is 6.98. The molecule has 0 unspecified atom stereocenters. The number of nitrogens with zero attached hydrogens (tertiary/aromatic N) is 3. The van der Waals surface area contributed by atoms with Crippen LogP contribution in [0.2, 0.25) is 0 Å². The maximum absolute atomic E-state index is 12.4. The summed E-state index contributed by atoms with van der Waals surface area (Å²) in [5.74, 6) is -0.179. The van der Waals surface area contributed by atoms with Gasteiger partial charge in [0.05, 0.1) is 37.1 Å². The summed E-state index contributed by atoms with van der Waals surface area (Å²) < 4.78 is 6.81. The largest absolute Gasteiger partial charge is 0.394 e. The summed E-state index contributed by atoms with van der Waals surface area (Å²) >= 11 is 0. The van der Waals surface area contributed by atoms with Crippen LogP contribution < -0.4 is 0 Å². The normalized spacial score (nSPS) is 18.9. The second-order valence-electron chi connectivity index (χ2n) is 5.26. The number of aryl methyl sites for hydroxylation is 1. The lowest BCUT2D eigenvalue weighted by molar-refractivity contribution is -0.142. The number of hydrogen-bond acceptors (Lipinski definition) is 5. The number of aliphatic hydroxyl groups is 1. The van der Waals surface area contributed by atoms with Gasteiger partial charge in [0.15, 0.2) is 5.78 Å². The van der Waals surface area contributed by atoms with Gasteiger partial charge in [-0.1, -0.05) is 0 Å². The Balaban J connectivity index is 2.16. The van der Waals surface area contributed by atoms with Crippen molar-refractivity contribution in [2.45, 2.75) is 33.4 Å². The number of carbonyl (C=O) groups excluding carboxylic acids is 2. The highest BCUT2D eigenvalue weighted by atomic mass is 16.5. The average Bonchev–Trinajstić information content (AvgIpc) is 2.73. The standard InChI is InChI=1S/C14H21N3O4/c1-9-14(11(3)19)10(2)17(15-9)6-13(20)16-4-5-21-8-12(16)7-18/h12,18H,4-8H2,1-3H3/t12-/m0/s1. The number of Topliss-reactive ketones (excluding diaryl/α,β-unsaturated/α-hetero) is 1. The molecule has 7 heteroatoms.